The third-order valence-corrected chi connectivity index (χ3v) is 24.0. The Hall–Kier alpha value is -11.8. The van der Waals surface area contributed by atoms with Crippen LogP contribution in [0, 0.1) is 0 Å². The molecule has 0 spiro atoms. The Morgan fingerprint density at radius 3 is 1.28 bits per heavy atom. The summed E-state index contributed by atoms with van der Waals surface area (Å²) in [6.45, 7) is 8.31. The van der Waals surface area contributed by atoms with Gasteiger partial charge in [-0.25, -0.2) is 4.98 Å². The minimum Gasteiger partial charge on any atom is -0.437 e. The van der Waals surface area contributed by atoms with Crippen LogP contribution in [0.15, 0.2) is 288 Å². The van der Waals surface area contributed by atoms with E-state index >= 15 is 0 Å². The van der Waals surface area contributed by atoms with Crippen LogP contribution in [0.3, 0.4) is 0 Å². The standard InChI is InChI=1S/C42H23N3OS.C32H16ClN3OS.C16H19BO2/c1-2-12-25-23-26(22-21-24(25)11-1)40-43-41(37-30-16-6-9-19-33(30)46-42(37)44-40)45-32-18-8-5-15-29(32)35-36-31-17-7-10-20-34(31)47-39(36)28-14-4-3-13-27(28)38(35)45;33-32-34-30(27-20-12-4-7-15-23(20)37-31(27)35-32)36-22-14-6-3-11-19(22)25-26-21-13-5-8-16-24(21)38-29(26)18-10-2-1-9-17(18)28(25)36;1-15(2)16(3,4)19-17(18-15)14-10-9-12-7-5-6-8-13(12)11-14/h1-23H;1-16H;5-11H,1-4H3. The summed E-state index contributed by atoms with van der Waals surface area (Å²) >= 11 is 10.3. The predicted octanol–water partition coefficient (Wildman–Crippen LogP) is 24.6. The van der Waals surface area contributed by atoms with Crippen LogP contribution < -0.4 is 5.46 Å². The van der Waals surface area contributed by atoms with E-state index in [9.17, 15) is 0 Å². The summed E-state index contributed by atoms with van der Waals surface area (Å²) in [4.78, 5) is 19.9. The number of thiophene rings is 2. The number of para-hydroxylation sites is 4. The Morgan fingerprint density at radius 1 is 0.346 bits per heavy atom. The molecule has 14 heteroatoms. The van der Waals surface area contributed by atoms with Gasteiger partial charge in [-0.3, -0.25) is 9.13 Å². The molecular weight excluding hydrogens is 1340 g/mol. The number of fused-ring (bicyclic) bond motifs is 28. The van der Waals surface area contributed by atoms with Gasteiger partial charge in [-0.2, -0.15) is 15.0 Å². The van der Waals surface area contributed by atoms with Gasteiger partial charge in [0, 0.05) is 99.8 Å². The molecule has 1 aliphatic heterocycles. The highest BCUT2D eigenvalue weighted by atomic mass is 35.5. The quantitative estimate of drug-likeness (QED) is 0.127. The first-order valence-corrected chi connectivity index (χ1v) is 36.9. The molecule has 494 valence electrons. The molecule has 1 aliphatic rings. The number of nitrogens with zero attached hydrogens (tertiary/aromatic N) is 6. The van der Waals surface area contributed by atoms with Crippen LogP contribution in [0.1, 0.15) is 27.7 Å². The molecule has 14 aromatic carbocycles. The summed E-state index contributed by atoms with van der Waals surface area (Å²) in [6.07, 6.45) is 0. The fourth-order valence-electron chi connectivity index (χ4n) is 16.0. The van der Waals surface area contributed by atoms with Gasteiger partial charge in [0.2, 0.25) is 16.7 Å². The Balaban J connectivity index is 0.000000110. The van der Waals surface area contributed by atoms with Crippen molar-refractivity contribution in [2.24, 2.45) is 0 Å². The van der Waals surface area contributed by atoms with Gasteiger partial charge in [0.05, 0.1) is 44.0 Å². The highest BCUT2D eigenvalue weighted by Crippen LogP contribution is 2.52. The molecule has 1 saturated heterocycles. The molecule has 0 aliphatic carbocycles. The van der Waals surface area contributed by atoms with Gasteiger partial charge in [-0.1, -0.05) is 237 Å². The molecule has 8 aromatic heterocycles. The van der Waals surface area contributed by atoms with Crippen molar-refractivity contribution in [1.82, 2.24) is 29.1 Å². The van der Waals surface area contributed by atoms with E-state index in [4.69, 9.17) is 44.7 Å². The zero-order chi connectivity index (χ0) is 69.3. The maximum atomic E-state index is 6.55. The molecule has 104 heavy (non-hydrogen) atoms. The molecule has 0 bridgehead atoms. The molecule has 1 fully saturated rings. The van der Waals surface area contributed by atoms with E-state index in [2.05, 4.69) is 291 Å². The van der Waals surface area contributed by atoms with Crippen molar-refractivity contribution in [3.63, 3.8) is 0 Å². The number of hydrogen-bond acceptors (Lipinski definition) is 10. The second-order valence-corrected chi connectivity index (χ2v) is 30.3. The van der Waals surface area contributed by atoms with E-state index in [-0.39, 0.29) is 23.6 Å². The maximum absolute atomic E-state index is 6.55. The molecule has 23 rings (SSSR count). The molecule has 0 radical (unpaired) electrons. The number of hydrogen-bond donors (Lipinski definition) is 0. The molecule has 0 N–H and O–H groups in total. The van der Waals surface area contributed by atoms with Gasteiger partial charge < -0.3 is 18.1 Å². The summed E-state index contributed by atoms with van der Waals surface area (Å²) in [5.41, 5.74) is 8.50. The summed E-state index contributed by atoms with van der Waals surface area (Å²) in [5.74, 6) is 2.17. The smallest absolute Gasteiger partial charge is 0.437 e. The molecule has 0 amide bonds. The van der Waals surface area contributed by atoms with E-state index in [1.165, 1.54) is 99.6 Å². The van der Waals surface area contributed by atoms with Crippen LogP contribution in [0.25, 0.3) is 194 Å². The topological polar surface area (TPSA) is 106 Å². The molecule has 10 nitrogen and oxygen atoms in total. The molecule has 0 unspecified atom stereocenters. The van der Waals surface area contributed by atoms with Crippen LogP contribution in [0.5, 0.6) is 0 Å². The van der Waals surface area contributed by atoms with Gasteiger partial charge in [-0.05, 0) is 109 Å². The van der Waals surface area contributed by atoms with Gasteiger partial charge in [-0.15, -0.1) is 22.7 Å². The van der Waals surface area contributed by atoms with Crippen molar-refractivity contribution in [1.29, 1.82) is 0 Å². The highest BCUT2D eigenvalue weighted by Gasteiger charge is 2.51. The van der Waals surface area contributed by atoms with Crippen molar-refractivity contribution < 1.29 is 18.1 Å². The zero-order valence-corrected chi connectivity index (χ0v) is 59.0. The largest absolute Gasteiger partial charge is 0.494 e. The fraction of sp³-hybridized carbons (Fsp3) is 0.0667. The zero-order valence-electron chi connectivity index (χ0n) is 56.6. The SMILES string of the molecule is CC1(C)OB(c2ccc3ccccc3c2)OC1(C)C.Clc1nc(-n2c3ccccc3c3c4c5ccccc5sc4c4ccccc4c32)c2c(n1)oc1ccccc12.c1ccc2cc(-c3nc(-n4c5ccccc5c5c6c7ccccc7sc6c6ccccc6c54)c4c(n3)oc3ccccc34)ccc2c1. The second-order valence-electron chi connectivity index (χ2n) is 27.8. The van der Waals surface area contributed by atoms with Crippen LogP contribution in [0.4, 0.5) is 0 Å². The predicted molar refractivity (Wildman–Crippen MR) is 436 cm³/mol. The van der Waals surface area contributed by atoms with Crippen LogP contribution >= 0.6 is 34.3 Å². The molecule has 9 heterocycles. The second kappa shape index (κ2) is 23.1. The first-order valence-electron chi connectivity index (χ1n) is 34.9. The van der Waals surface area contributed by atoms with Crippen molar-refractivity contribution >= 4 is 218 Å². The van der Waals surface area contributed by atoms with E-state index in [1.54, 1.807) is 0 Å². The lowest BCUT2D eigenvalue weighted by Crippen LogP contribution is -2.41. The number of aromatic nitrogens is 6. The third-order valence-electron chi connectivity index (χ3n) is 21.4. The van der Waals surface area contributed by atoms with Crippen molar-refractivity contribution in [3.05, 3.63) is 284 Å². The maximum Gasteiger partial charge on any atom is 0.494 e. The molecule has 0 atom stereocenters. The summed E-state index contributed by atoms with van der Waals surface area (Å²) in [6, 6.07) is 97.9. The number of halogens is 1. The Bertz CT molecular complexity index is 7370. The van der Waals surface area contributed by atoms with Crippen LogP contribution in [-0.2, 0) is 9.31 Å². The average Bonchev–Trinajstić information content (AvgIpc) is 1.53. The minimum absolute atomic E-state index is 0.156. The van der Waals surface area contributed by atoms with Crippen molar-refractivity contribution in [3.8, 4) is 23.0 Å². The Labute approximate surface area is 607 Å². The Kier molecular flexibility index (Phi) is 13.5. The first-order chi connectivity index (χ1) is 51.0. The lowest BCUT2D eigenvalue weighted by molar-refractivity contribution is 0.00578. The molecular formula is C90H58BClN6O4S2. The summed E-state index contributed by atoms with van der Waals surface area (Å²) in [5, 5.41) is 23.5. The normalized spacial score (nSPS) is 13.9. The van der Waals surface area contributed by atoms with Gasteiger partial charge in [0.1, 0.15) is 11.2 Å². The van der Waals surface area contributed by atoms with Gasteiger partial charge in [0.15, 0.2) is 17.5 Å². The molecule has 0 saturated carbocycles. The number of rotatable bonds is 4. The van der Waals surface area contributed by atoms with E-state index in [0.29, 0.717) is 17.3 Å². The highest BCUT2D eigenvalue weighted by molar-refractivity contribution is 7.27. The lowest BCUT2D eigenvalue weighted by atomic mass is 9.78. The monoisotopic (exact) mass is 1400 g/mol. The lowest BCUT2D eigenvalue weighted by Gasteiger charge is -2.32. The summed E-state index contributed by atoms with van der Waals surface area (Å²) < 4.78 is 34.6. The van der Waals surface area contributed by atoms with E-state index < -0.39 is 0 Å². The van der Waals surface area contributed by atoms with Crippen LogP contribution in [-0.4, -0.2) is 47.4 Å². The average molecular weight is 1400 g/mol. The number of furan rings is 2. The van der Waals surface area contributed by atoms with Crippen molar-refractivity contribution in [2.45, 2.75) is 38.9 Å². The van der Waals surface area contributed by atoms with Crippen molar-refractivity contribution in [2.75, 3.05) is 0 Å². The number of benzene rings is 14. The minimum atomic E-state index is -0.288. The third kappa shape index (κ3) is 9.21. The molecule has 22 aromatic rings. The Morgan fingerprint density at radius 2 is 0.750 bits per heavy atom. The van der Waals surface area contributed by atoms with Crippen LogP contribution in [0.2, 0.25) is 5.28 Å². The van der Waals surface area contributed by atoms with Gasteiger partial charge in [0.25, 0.3) is 0 Å². The summed E-state index contributed by atoms with van der Waals surface area (Å²) in [7, 11) is -0.283. The first kappa shape index (κ1) is 60.9. The van der Waals surface area contributed by atoms with E-state index in [0.717, 1.165) is 82.8 Å². The van der Waals surface area contributed by atoms with E-state index in [1.807, 2.05) is 53.0 Å². The van der Waals surface area contributed by atoms with Gasteiger partial charge >= 0.3 is 7.12 Å². The fourth-order valence-corrected chi connectivity index (χ4v) is 18.6.